The summed E-state index contributed by atoms with van der Waals surface area (Å²) in [5, 5.41) is 0.642. The van der Waals surface area contributed by atoms with Crippen LogP contribution in [-0.2, 0) is 15.4 Å². The number of nitrogens with one attached hydrogen (secondary N) is 2. The molecule has 0 aliphatic carbocycles. The highest BCUT2D eigenvalue weighted by atomic mass is 32.2. The number of H-pyrrole nitrogens is 1. The van der Waals surface area contributed by atoms with Crippen LogP contribution < -0.4 is 10.3 Å². The van der Waals surface area contributed by atoms with Crippen LogP contribution in [0, 0.1) is 0 Å². The molecule has 0 bridgehead atoms. The van der Waals surface area contributed by atoms with Crippen LogP contribution in [0.4, 0.5) is 0 Å². The highest BCUT2D eigenvalue weighted by molar-refractivity contribution is 7.88. The summed E-state index contributed by atoms with van der Waals surface area (Å²) < 4.78 is 31.8. The molecule has 0 unspecified atom stereocenters. The first-order valence-corrected chi connectivity index (χ1v) is 12.8. The van der Waals surface area contributed by atoms with E-state index in [2.05, 4.69) is 30.5 Å². The number of furan rings is 1. The summed E-state index contributed by atoms with van der Waals surface area (Å²) in [6.45, 7) is 6.99. The summed E-state index contributed by atoms with van der Waals surface area (Å²) in [6, 6.07) is 6.96. The fourth-order valence-corrected chi connectivity index (χ4v) is 5.19. The molecule has 0 spiro atoms. The molecule has 8 nitrogen and oxygen atoms in total. The molecule has 1 saturated heterocycles. The van der Waals surface area contributed by atoms with E-state index in [1.54, 1.807) is 23.2 Å². The van der Waals surface area contributed by atoms with Gasteiger partial charge in [0.2, 0.25) is 10.0 Å². The topological polar surface area (TPSA) is 112 Å². The lowest BCUT2D eigenvalue weighted by Crippen LogP contribution is -2.49. The van der Waals surface area contributed by atoms with Gasteiger partial charge in [-0.25, -0.2) is 13.1 Å². The van der Waals surface area contributed by atoms with Crippen molar-refractivity contribution < 1.29 is 17.6 Å². The summed E-state index contributed by atoms with van der Waals surface area (Å²) in [4.78, 5) is 30.3. The molecule has 1 amide bonds. The average Bonchev–Trinajstić information content (AvgIpc) is 3.15. The van der Waals surface area contributed by atoms with E-state index in [0.717, 1.165) is 11.8 Å². The van der Waals surface area contributed by atoms with Crippen molar-refractivity contribution >= 4 is 26.9 Å². The number of hydrogen-bond donors (Lipinski definition) is 2. The maximum Gasteiger partial charge on any atom is 0.257 e. The molecular weight excluding hydrogens is 442 g/mol. The number of rotatable bonds is 4. The van der Waals surface area contributed by atoms with E-state index in [9.17, 15) is 18.0 Å². The van der Waals surface area contributed by atoms with Gasteiger partial charge in [0, 0.05) is 41.8 Å². The maximum atomic E-state index is 13.5. The maximum absolute atomic E-state index is 13.5. The van der Waals surface area contributed by atoms with Gasteiger partial charge in [-0.3, -0.25) is 9.59 Å². The van der Waals surface area contributed by atoms with Crippen molar-refractivity contribution in [3.63, 3.8) is 0 Å². The number of carbonyl (C=O) groups is 1. The zero-order valence-corrected chi connectivity index (χ0v) is 20.1. The van der Waals surface area contributed by atoms with Crippen LogP contribution in [0.25, 0.3) is 22.1 Å². The highest BCUT2D eigenvalue weighted by Gasteiger charge is 2.30. The van der Waals surface area contributed by atoms with Gasteiger partial charge in [-0.2, -0.15) is 0 Å². The monoisotopic (exact) mass is 471 g/mol. The quantitative estimate of drug-likeness (QED) is 0.607. The number of piperidine rings is 1. The summed E-state index contributed by atoms with van der Waals surface area (Å²) >= 11 is 0. The van der Waals surface area contributed by atoms with Crippen LogP contribution in [0.5, 0.6) is 0 Å². The summed E-state index contributed by atoms with van der Waals surface area (Å²) in [6.07, 6.45) is 5.55. The first-order chi connectivity index (χ1) is 15.4. The number of likely N-dealkylation sites (tertiary alicyclic amines) is 1. The molecule has 1 aromatic carbocycles. The fourth-order valence-electron chi connectivity index (χ4n) is 4.40. The average molecular weight is 472 g/mol. The Hall–Kier alpha value is -2.91. The van der Waals surface area contributed by atoms with E-state index in [0.29, 0.717) is 53.6 Å². The van der Waals surface area contributed by atoms with Gasteiger partial charge in [-0.1, -0.05) is 20.8 Å². The first-order valence-electron chi connectivity index (χ1n) is 10.9. The summed E-state index contributed by atoms with van der Waals surface area (Å²) in [7, 11) is -3.36. The van der Waals surface area contributed by atoms with Gasteiger partial charge >= 0.3 is 0 Å². The molecule has 33 heavy (non-hydrogen) atoms. The number of amides is 1. The molecular formula is C24H29N3O5S. The molecule has 2 aromatic heterocycles. The number of aromatic amines is 1. The number of benzene rings is 1. The van der Waals surface area contributed by atoms with Gasteiger partial charge < -0.3 is 14.3 Å². The normalized spacial score (nSPS) is 17.5. The van der Waals surface area contributed by atoms with Crippen LogP contribution in [-0.4, -0.2) is 49.6 Å². The Morgan fingerprint density at radius 1 is 1.27 bits per heavy atom. The van der Waals surface area contributed by atoms with Gasteiger partial charge in [-0.05, 0) is 48.1 Å². The Balaban J connectivity index is 1.79. The molecule has 4 rings (SSSR count). The largest absolute Gasteiger partial charge is 0.463 e. The number of sulfonamides is 1. The van der Waals surface area contributed by atoms with Crippen molar-refractivity contribution in [1.29, 1.82) is 0 Å². The summed E-state index contributed by atoms with van der Waals surface area (Å²) in [5.74, 6) is -0.215. The van der Waals surface area contributed by atoms with Crippen molar-refractivity contribution in [3.8, 4) is 11.1 Å². The molecule has 1 atom stereocenters. The lowest BCUT2D eigenvalue weighted by molar-refractivity contribution is 0.0704. The van der Waals surface area contributed by atoms with Gasteiger partial charge in [-0.15, -0.1) is 0 Å². The van der Waals surface area contributed by atoms with E-state index in [4.69, 9.17) is 4.42 Å². The standard InChI is InChI=1S/C24H29N3O5S/c1-24(2,3)20-12-15(17-8-5-9-25-22(17)28)11-18-19(14-32-21(18)20)23(29)27-10-6-7-16(13-27)26-33(4,30)31/h5,8-9,11-12,14,16,26H,6-7,10,13H2,1-4H3,(H,25,28)/t16-/m1/s1. The zero-order valence-electron chi connectivity index (χ0n) is 19.3. The van der Waals surface area contributed by atoms with Gasteiger partial charge in [0.1, 0.15) is 11.8 Å². The Bertz CT molecular complexity index is 1360. The second kappa shape index (κ2) is 8.46. The second-order valence-electron chi connectivity index (χ2n) is 9.69. The number of fused-ring (bicyclic) bond motifs is 1. The molecule has 176 valence electrons. The third-order valence-corrected chi connectivity index (χ3v) is 6.69. The minimum atomic E-state index is -3.36. The fraction of sp³-hybridized carbons (Fsp3) is 0.417. The molecule has 9 heteroatoms. The van der Waals surface area contributed by atoms with Crippen LogP contribution >= 0.6 is 0 Å². The van der Waals surface area contributed by atoms with Crippen molar-refractivity contribution in [2.24, 2.45) is 0 Å². The Morgan fingerprint density at radius 2 is 2.03 bits per heavy atom. The summed E-state index contributed by atoms with van der Waals surface area (Å²) in [5.41, 5.74) is 2.64. The van der Waals surface area contributed by atoms with Gasteiger partial charge in [0.15, 0.2) is 0 Å². The lowest BCUT2D eigenvalue weighted by atomic mass is 9.84. The van der Waals surface area contributed by atoms with E-state index >= 15 is 0 Å². The Kier molecular flexibility index (Phi) is 5.96. The van der Waals surface area contributed by atoms with Crippen molar-refractivity contribution in [3.05, 3.63) is 58.2 Å². The van der Waals surface area contributed by atoms with E-state index in [1.165, 1.54) is 6.26 Å². The van der Waals surface area contributed by atoms with Crippen LogP contribution in [0.15, 0.2) is 45.9 Å². The van der Waals surface area contributed by atoms with Gasteiger partial charge in [0.05, 0.1) is 11.8 Å². The molecule has 0 saturated carbocycles. The van der Waals surface area contributed by atoms with E-state index in [-0.39, 0.29) is 22.9 Å². The molecule has 0 radical (unpaired) electrons. The lowest BCUT2D eigenvalue weighted by Gasteiger charge is -2.32. The van der Waals surface area contributed by atoms with Crippen molar-refractivity contribution in [1.82, 2.24) is 14.6 Å². The second-order valence-corrected chi connectivity index (χ2v) is 11.5. The SMILES string of the molecule is CC(C)(C)c1cc(-c2ccc[nH]c2=O)cc2c(C(=O)N3CCC[C@@H](NS(C)(=O)=O)C3)coc12. The molecule has 3 aromatic rings. The Labute approximate surface area is 193 Å². The third kappa shape index (κ3) is 4.89. The minimum Gasteiger partial charge on any atom is -0.463 e. The molecule has 1 aliphatic rings. The van der Waals surface area contributed by atoms with E-state index in [1.807, 2.05) is 12.1 Å². The molecule has 2 N–H and O–H groups in total. The van der Waals surface area contributed by atoms with E-state index < -0.39 is 10.0 Å². The number of aromatic nitrogens is 1. The zero-order chi connectivity index (χ0) is 24.0. The number of nitrogens with zero attached hydrogens (tertiary/aromatic N) is 1. The van der Waals surface area contributed by atoms with Crippen molar-refractivity contribution in [2.75, 3.05) is 19.3 Å². The molecule has 3 heterocycles. The minimum absolute atomic E-state index is 0.209. The third-order valence-electron chi connectivity index (χ3n) is 5.93. The smallest absolute Gasteiger partial charge is 0.257 e. The van der Waals surface area contributed by atoms with Crippen LogP contribution in [0.1, 0.15) is 49.5 Å². The predicted octanol–water partition coefficient (Wildman–Crippen LogP) is 3.24. The van der Waals surface area contributed by atoms with Crippen LogP contribution in [0.3, 0.4) is 0 Å². The number of hydrogen-bond acceptors (Lipinski definition) is 5. The van der Waals surface area contributed by atoms with Crippen LogP contribution in [0.2, 0.25) is 0 Å². The van der Waals surface area contributed by atoms with Crippen molar-refractivity contribution in [2.45, 2.75) is 45.1 Å². The Morgan fingerprint density at radius 3 is 2.70 bits per heavy atom. The predicted molar refractivity (Wildman–Crippen MR) is 128 cm³/mol. The first kappa shape index (κ1) is 23.3. The number of pyridine rings is 1. The van der Waals surface area contributed by atoms with Gasteiger partial charge in [0.25, 0.3) is 11.5 Å². The molecule has 1 aliphatic heterocycles. The highest BCUT2D eigenvalue weighted by Crippen LogP contribution is 2.37. The number of carbonyl (C=O) groups excluding carboxylic acids is 1. The molecule has 1 fully saturated rings.